The van der Waals surface area contributed by atoms with E-state index in [9.17, 15) is 4.79 Å². The van der Waals surface area contributed by atoms with Gasteiger partial charge in [0.15, 0.2) is 5.82 Å². The monoisotopic (exact) mass is 286 g/mol. The van der Waals surface area contributed by atoms with E-state index in [1.165, 1.54) is 0 Å². The minimum Gasteiger partial charge on any atom is -0.492 e. The third kappa shape index (κ3) is 3.22. The zero-order valence-electron chi connectivity index (χ0n) is 11.7. The molecule has 0 bridgehead atoms. The Morgan fingerprint density at radius 2 is 2.10 bits per heavy atom. The van der Waals surface area contributed by atoms with Crippen LogP contribution < -0.4 is 21.3 Å². The summed E-state index contributed by atoms with van der Waals surface area (Å²) < 4.78 is 7.15. The molecule has 6 nitrogen and oxygen atoms in total. The van der Waals surface area contributed by atoms with Gasteiger partial charge in [0, 0.05) is 30.7 Å². The Morgan fingerprint density at radius 1 is 1.33 bits per heavy atom. The summed E-state index contributed by atoms with van der Waals surface area (Å²) in [6.45, 7) is 0.966. The van der Waals surface area contributed by atoms with E-state index in [4.69, 9.17) is 10.5 Å². The van der Waals surface area contributed by atoms with Crippen LogP contribution in [0.5, 0.6) is 5.75 Å². The summed E-state index contributed by atoms with van der Waals surface area (Å²) >= 11 is 0. The average molecular weight is 286 g/mol. The largest absolute Gasteiger partial charge is 0.492 e. The van der Waals surface area contributed by atoms with Crippen molar-refractivity contribution in [2.24, 2.45) is 5.73 Å². The maximum atomic E-state index is 12.3. The van der Waals surface area contributed by atoms with Crippen LogP contribution in [0.1, 0.15) is 18.9 Å². The number of hydrogen-bond acceptors (Lipinski definition) is 5. The third-order valence-electron chi connectivity index (χ3n) is 3.31. The zero-order valence-corrected chi connectivity index (χ0v) is 11.7. The Kier molecular flexibility index (Phi) is 3.87. The first-order valence-corrected chi connectivity index (χ1v) is 7.05. The molecule has 3 rings (SSSR count). The van der Waals surface area contributed by atoms with Crippen LogP contribution in [0.15, 0.2) is 41.5 Å². The third-order valence-corrected chi connectivity index (χ3v) is 3.31. The van der Waals surface area contributed by atoms with Crippen LogP contribution in [0.2, 0.25) is 0 Å². The smallest absolute Gasteiger partial charge is 0.293 e. The van der Waals surface area contributed by atoms with Crippen molar-refractivity contribution < 1.29 is 4.74 Å². The van der Waals surface area contributed by atoms with E-state index in [1.54, 1.807) is 17.0 Å². The van der Waals surface area contributed by atoms with Gasteiger partial charge < -0.3 is 20.4 Å². The molecule has 0 amide bonds. The highest BCUT2D eigenvalue weighted by atomic mass is 16.5. The van der Waals surface area contributed by atoms with Crippen LogP contribution in [-0.4, -0.2) is 22.7 Å². The molecule has 21 heavy (non-hydrogen) atoms. The van der Waals surface area contributed by atoms with E-state index in [0.29, 0.717) is 25.0 Å². The van der Waals surface area contributed by atoms with E-state index < -0.39 is 0 Å². The molecule has 1 saturated carbocycles. The molecule has 0 atom stereocenters. The summed E-state index contributed by atoms with van der Waals surface area (Å²) in [5, 5.41) is 3.05. The lowest BCUT2D eigenvalue weighted by Crippen LogP contribution is -2.22. The van der Waals surface area contributed by atoms with E-state index in [-0.39, 0.29) is 5.56 Å². The number of nitrogens with zero attached hydrogens (tertiary/aromatic N) is 2. The van der Waals surface area contributed by atoms with Crippen LogP contribution in [0.4, 0.5) is 11.5 Å². The Bertz CT molecular complexity index is 662. The summed E-state index contributed by atoms with van der Waals surface area (Å²) in [6.07, 6.45) is 5.53. The Morgan fingerprint density at radius 3 is 2.76 bits per heavy atom. The fourth-order valence-corrected chi connectivity index (χ4v) is 2.10. The number of aromatic nitrogens is 2. The van der Waals surface area contributed by atoms with Gasteiger partial charge in [-0.15, -0.1) is 0 Å². The number of nitrogens with one attached hydrogen (secondary N) is 1. The minimum atomic E-state index is -0.0801. The molecule has 3 N–H and O–H groups in total. The molecule has 1 heterocycles. The molecule has 0 saturated heterocycles. The zero-order chi connectivity index (χ0) is 14.7. The van der Waals surface area contributed by atoms with Gasteiger partial charge in [-0.1, -0.05) is 0 Å². The molecule has 110 valence electrons. The Balaban J connectivity index is 1.74. The molecular weight excluding hydrogens is 268 g/mol. The van der Waals surface area contributed by atoms with Crippen molar-refractivity contribution in [3.8, 4) is 5.75 Å². The van der Waals surface area contributed by atoms with Crippen molar-refractivity contribution in [1.82, 2.24) is 9.55 Å². The number of nitrogens with two attached hydrogens (primary N) is 1. The van der Waals surface area contributed by atoms with Gasteiger partial charge in [-0.05, 0) is 37.1 Å². The van der Waals surface area contributed by atoms with Crippen LogP contribution in [0.3, 0.4) is 0 Å². The lowest BCUT2D eigenvalue weighted by atomic mass is 10.3. The van der Waals surface area contributed by atoms with Gasteiger partial charge in [-0.3, -0.25) is 4.79 Å². The van der Waals surface area contributed by atoms with E-state index in [0.717, 1.165) is 24.3 Å². The number of hydrogen-bond donors (Lipinski definition) is 2. The van der Waals surface area contributed by atoms with Gasteiger partial charge >= 0.3 is 0 Å². The molecule has 1 fully saturated rings. The fraction of sp³-hybridized carbons (Fsp3) is 0.333. The second-order valence-corrected chi connectivity index (χ2v) is 5.01. The lowest BCUT2D eigenvalue weighted by Gasteiger charge is -2.09. The highest BCUT2D eigenvalue weighted by Gasteiger charge is 2.25. The van der Waals surface area contributed by atoms with Gasteiger partial charge in [-0.25, -0.2) is 4.98 Å². The quantitative estimate of drug-likeness (QED) is 0.844. The summed E-state index contributed by atoms with van der Waals surface area (Å²) in [5.41, 5.74) is 6.11. The van der Waals surface area contributed by atoms with E-state index in [2.05, 4.69) is 10.3 Å². The molecule has 1 aliphatic carbocycles. The second-order valence-electron chi connectivity index (χ2n) is 5.01. The highest BCUT2D eigenvalue weighted by molar-refractivity contribution is 5.56. The first-order chi connectivity index (χ1) is 10.3. The van der Waals surface area contributed by atoms with Crippen LogP contribution in [-0.2, 0) is 0 Å². The Hall–Kier alpha value is -2.34. The summed E-state index contributed by atoms with van der Waals surface area (Å²) in [6, 6.07) is 7.71. The molecule has 6 heteroatoms. The average Bonchev–Trinajstić information content (AvgIpc) is 3.33. The molecule has 0 unspecified atom stereocenters. The minimum absolute atomic E-state index is 0.0801. The maximum absolute atomic E-state index is 12.3. The fourth-order valence-electron chi connectivity index (χ4n) is 2.10. The number of anilines is 2. The molecule has 1 aromatic heterocycles. The second kappa shape index (κ2) is 5.97. The molecule has 1 aliphatic rings. The van der Waals surface area contributed by atoms with Crippen molar-refractivity contribution in [2.75, 3.05) is 18.5 Å². The van der Waals surface area contributed by atoms with Gasteiger partial charge in [0.2, 0.25) is 0 Å². The topological polar surface area (TPSA) is 82.2 Å². The maximum Gasteiger partial charge on any atom is 0.293 e. The van der Waals surface area contributed by atoms with Gasteiger partial charge in [0.05, 0.1) is 0 Å². The molecule has 2 aromatic rings. The summed E-state index contributed by atoms with van der Waals surface area (Å²) in [5.74, 6) is 1.10. The van der Waals surface area contributed by atoms with Gasteiger partial charge in [0.25, 0.3) is 5.56 Å². The summed E-state index contributed by atoms with van der Waals surface area (Å²) in [7, 11) is 0. The van der Waals surface area contributed by atoms with Crippen LogP contribution >= 0.6 is 0 Å². The van der Waals surface area contributed by atoms with Crippen molar-refractivity contribution >= 4 is 11.5 Å². The SMILES string of the molecule is NCCOc1ccc(Nc2nccn(C3CC3)c2=O)cc1. The van der Waals surface area contributed by atoms with Crippen molar-refractivity contribution in [1.29, 1.82) is 0 Å². The van der Waals surface area contributed by atoms with Crippen molar-refractivity contribution in [3.63, 3.8) is 0 Å². The molecular formula is C15H18N4O2. The normalized spacial score (nSPS) is 14.0. The number of rotatable bonds is 6. The van der Waals surface area contributed by atoms with Gasteiger partial charge in [0.1, 0.15) is 12.4 Å². The van der Waals surface area contributed by atoms with Crippen molar-refractivity contribution in [2.45, 2.75) is 18.9 Å². The van der Waals surface area contributed by atoms with E-state index >= 15 is 0 Å². The summed E-state index contributed by atoms with van der Waals surface area (Å²) in [4.78, 5) is 16.4. The lowest BCUT2D eigenvalue weighted by molar-refractivity contribution is 0.328. The molecule has 0 radical (unpaired) electrons. The molecule has 1 aromatic carbocycles. The van der Waals surface area contributed by atoms with E-state index in [1.807, 2.05) is 24.3 Å². The molecule has 0 spiro atoms. The van der Waals surface area contributed by atoms with Crippen LogP contribution in [0, 0.1) is 0 Å². The molecule has 0 aliphatic heterocycles. The Labute approximate surface area is 122 Å². The predicted molar refractivity (Wildman–Crippen MR) is 81.0 cm³/mol. The first kappa shape index (κ1) is 13.6. The standard InChI is InChI=1S/C15H18N4O2/c16-7-10-21-13-5-1-11(2-6-13)18-14-15(20)19(9-8-17-14)12-3-4-12/h1-2,5-6,8-9,12H,3-4,7,10,16H2,(H,17,18). The number of benzene rings is 1. The van der Waals surface area contributed by atoms with Crippen LogP contribution in [0.25, 0.3) is 0 Å². The predicted octanol–water partition coefficient (Wildman–Crippen LogP) is 1.66. The first-order valence-electron chi connectivity index (χ1n) is 7.05. The van der Waals surface area contributed by atoms with Gasteiger partial charge in [-0.2, -0.15) is 0 Å². The number of ether oxygens (including phenoxy) is 1. The highest BCUT2D eigenvalue weighted by Crippen LogP contribution is 2.33. The van der Waals surface area contributed by atoms with Crippen molar-refractivity contribution in [3.05, 3.63) is 47.0 Å².